The molecule has 1 aliphatic heterocycles. The van der Waals surface area contributed by atoms with Gasteiger partial charge in [0.15, 0.2) is 0 Å². The van der Waals surface area contributed by atoms with Gasteiger partial charge in [-0.3, -0.25) is 4.79 Å². The molecule has 3 nitrogen and oxygen atoms in total. The SMILES string of the molecule is CC1CC(N)CN(C(=O)CC(C)C(C)(C)C)C1. The molecule has 0 aromatic heterocycles. The van der Waals surface area contributed by atoms with Crippen LogP contribution in [0, 0.1) is 17.3 Å². The molecule has 1 fully saturated rings. The van der Waals surface area contributed by atoms with Crippen LogP contribution in [0.3, 0.4) is 0 Å². The highest BCUT2D eigenvalue weighted by atomic mass is 16.2. The zero-order chi connectivity index (χ0) is 13.2. The molecule has 1 aliphatic rings. The first-order valence-electron chi connectivity index (χ1n) is 6.73. The van der Waals surface area contributed by atoms with E-state index < -0.39 is 0 Å². The van der Waals surface area contributed by atoms with Crippen molar-refractivity contribution in [3.05, 3.63) is 0 Å². The number of rotatable bonds is 2. The fraction of sp³-hybridized carbons (Fsp3) is 0.929. The Bertz CT molecular complexity index is 260. The van der Waals surface area contributed by atoms with Crippen molar-refractivity contribution in [2.75, 3.05) is 13.1 Å². The molecular weight excluding hydrogens is 212 g/mol. The summed E-state index contributed by atoms with van der Waals surface area (Å²) in [7, 11) is 0. The van der Waals surface area contributed by atoms with Gasteiger partial charge in [-0.1, -0.05) is 34.6 Å². The van der Waals surface area contributed by atoms with Crippen LogP contribution in [-0.2, 0) is 4.79 Å². The highest BCUT2D eigenvalue weighted by Gasteiger charge is 2.29. The Morgan fingerprint density at radius 3 is 2.47 bits per heavy atom. The number of carbonyl (C=O) groups excluding carboxylic acids is 1. The van der Waals surface area contributed by atoms with Crippen molar-refractivity contribution >= 4 is 5.91 Å². The maximum absolute atomic E-state index is 12.2. The van der Waals surface area contributed by atoms with Crippen LogP contribution in [0.1, 0.15) is 47.5 Å². The lowest BCUT2D eigenvalue weighted by atomic mass is 9.80. The second-order valence-electron chi connectivity index (χ2n) is 6.87. The van der Waals surface area contributed by atoms with Gasteiger partial charge >= 0.3 is 0 Å². The molecule has 0 aliphatic carbocycles. The summed E-state index contributed by atoms with van der Waals surface area (Å²) < 4.78 is 0. The number of nitrogens with two attached hydrogens (primary N) is 1. The number of hydrogen-bond donors (Lipinski definition) is 1. The Balaban J connectivity index is 2.53. The quantitative estimate of drug-likeness (QED) is 0.804. The van der Waals surface area contributed by atoms with E-state index in [1.54, 1.807) is 0 Å². The van der Waals surface area contributed by atoms with E-state index in [1.807, 2.05) is 4.90 Å². The number of nitrogens with zero attached hydrogens (tertiary/aromatic N) is 1. The maximum Gasteiger partial charge on any atom is 0.222 e. The first kappa shape index (κ1) is 14.5. The number of carbonyl (C=O) groups is 1. The molecular formula is C14H28N2O. The van der Waals surface area contributed by atoms with Gasteiger partial charge in [-0.25, -0.2) is 0 Å². The van der Waals surface area contributed by atoms with Gasteiger partial charge in [0, 0.05) is 25.6 Å². The smallest absolute Gasteiger partial charge is 0.222 e. The third kappa shape index (κ3) is 4.30. The average Bonchev–Trinajstić information content (AvgIpc) is 2.14. The van der Waals surface area contributed by atoms with Crippen LogP contribution >= 0.6 is 0 Å². The van der Waals surface area contributed by atoms with Crippen molar-refractivity contribution in [3.8, 4) is 0 Å². The first-order valence-corrected chi connectivity index (χ1v) is 6.73. The lowest BCUT2D eigenvalue weighted by molar-refractivity contribution is -0.135. The van der Waals surface area contributed by atoms with E-state index in [9.17, 15) is 4.79 Å². The van der Waals surface area contributed by atoms with E-state index in [0.717, 1.165) is 19.5 Å². The molecule has 100 valence electrons. The third-order valence-corrected chi connectivity index (χ3v) is 4.00. The summed E-state index contributed by atoms with van der Waals surface area (Å²) in [5.41, 5.74) is 6.17. The van der Waals surface area contributed by atoms with Gasteiger partial charge in [-0.15, -0.1) is 0 Å². The Hall–Kier alpha value is -0.570. The average molecular weight is 240 g/mol. The maximum atomic E-state index is 12.2. The molecule has 0 aromatic rings. The van der Waals surface area contributed by atoms with Crippen molar-refractivity contribution in [3.63, 3.8) is 0 Å². The molecule has 17 heavy (non-hydrogen) atoms. The van der Waals surface area contributed by atoms with Crippen molar-refractivity contribution in [2.24, 2.45) is 23.0 Å². The molecule has 3 heteroatoms. The molecule has 1 heterocycles. The van der Waals surface area contributed by atoms with E-state index in [4.69, 9.17) is 5.73 Å². The Morgan fingerprint density at radius 2 is 2.00 bits per heavy atom. The van der Waals surface area contributed by atoms with E-state index in [0.29, 0.717) is 18.3 Å². The monoisotopic (exact) mass is 240 g/mol. The lowest BCUT2D eigenvalue weighted by Gasteiger charge is -2.36. The molecule has 0 aromatic carbocycles. The van der Waals surface area contributed by atoms with Crippen LogP contribution in [0.2, 0.25) is 0 Å². The zero-order valence-electron chi connectivity index (χ0n) is 12.0. The molecule has 1 amide bonds. The van der Waals surface area contributed by atoms with Crippen LogP contribution in [0.4, 0.5) is 0 Å². The molecule has 0 spiro atoms. The molecule has 0 bridgehead atoms. The molecule has 0 saturated carbocycles. The highest BCUT2D eigenvalue weighted by Crippen LogP contribution is 2.29. The summed E-state index contributed by atoms with van der Waals surface area (Å²) in [5, 5.41) is 0. The van der Waals surface area contributed by atoms with Gasteiger partial charge in [0.05, 0.1) is 0 Å². The number of piperidine rings is 1. The summed E-state index contributed by atoms with van der Waals surface area (Å²) in [4.78, 5) is 14.2. The normalized spacial score (nSPS) is 28.0. The second kappa shape index (κ2) is 5.38. The van der Waals surface area contributed by atoms with E-state index in [-0.39, 0.29) is 17.4 Å². The van der Waals surface area contributed by atoms with E-state index in [2.05, 4.69) is 34.6 Å². The minimum atomic E-state index is 0.160. The molecule has 0 radical (unpaired) electrons. The topological polar surface area (TPSA) is 46.3 Å². The number of amides is 1. The molecule has 3 unspecified atom stereocenters. The zero-order valence-corrected chi connectivity index (χ0v) is 12.0. The lowest BCUT2D eigenvalue weighted by Crippen LogP contribution is -2.49. The largest absolute Gasteiger partial charge is 0.341 e. The summed E-state index contributed by atoms with van der Waals surface area (Å²) in [6.07, 6.45) is 1.68. The van der Waals surface area contributed by atoms with Crippen molar-refractivity contribution < 1.29 is 4.79 Å². The summed E-state index contributed by atoms with van der Waals surface area (Å²) in [6.45, 7) is 12.5. The van der Waals surface area contributed by atoms with E-state index >= 15 is 0 Å². The van der Waals surface area contributed by atoms with Gasteiger partial charge in [-0.2, -0.15) is 0 Å². The number of hydrogen-bond acceptors (Lipinski definition) is 2. The van der Waals surface area contributed by atoms with Gasteiger partial charge in [0.2, 0.25) is 5.91 Å². The predicted octanol–water partition coefficient (Wildman–Crippen LogP) is 2.25. The van der Waals surface area contributed by atoms with Crippen molar-refractivity contribution in [1.82, 2.24) is 4.90 Å². The molecule has 2 N–H and O–H groups in total. The van der Waals surface area contributed by atoms with Gasteiger partial charge < -0.3 is 10.6 Å². The first-order chi connectivity index (χ1) is 7.70. The fourth-order valence-electron chi connectivity index (χ4n) is 2.30. The minimum absolute atomic E-state index is 0.160. The van der Waals surface area contributed by atoms with Crippen LogP contribution in [0.5, 0.6) is 0 Å². The summed E-state index contributed by atoms with van der Waals surface area (Å²) in [5.74, 6) is 1.21. The van der Waals surface area contributed by atoms with Crippen LogP contribution < -0.4 is 5.73 Å². The van der Waals surface area contributed by atoms with E-state index in [1.165, 1.54) is 0 Å². The standard InChI is InChI=1S/C14H28N2O/c1-10-6-12(15)9-16(8-10)13(17)7-11(2)14(3,4)5/h10-12H,6-9,15H2,1-5H3. The van der Waals surface area contributed by atoms with Crippen molar-refractivity contribution in [1.29, 1.82) is 0 Å². The number of likely N-dealkylation sites (tertiary alicyclic amines) is 1. The fourth-order valence-corrected chi connectivity index (χ4v) is 2.30. The second-order valence-corrected chi connectivity index (χ2v) is 6.87. The van der Waals surface area contributed by atoms with Gasteiger partial charge in [0.1, 0.15) is 0 Å². The van der Waals surface area contributed by atoms with Crippen LogP contribution in [0.15, 0.2) is 0 Å². The Labute approximate surface area is 106 Å². The Kier molecular flexibility index (Phi) is 4.59. The molecule has 1 rings (SSSR count). The molecule has 3 atom stereocenters. The molecule has 1 saturated heterocycles. The van der Waals surface area contributed by atoms with Crippen LogP contribution in [-0.4, -0.2) is 29.9 Å². The summed E-state index contributed by atoms with van der Waals surface area (Å²) in [6, 6.07) is 0.160. The van der Waals surface area contributed by atoms with Gasteiger partial charge in [-0.05, 0) is 23.7 Å². The Morgan fingerprint density at radius 1 is 1.41 bits per heavy atom. The highest BCUT2D eigenvalue weighted by molar-refractivity contribution is 5.76. The third-order valence-electron chi connectivity index (χ3n) is 4.00. The minimum Gasteiger partial charge on any atom is -0.341 e. The van der Waals surface area contributed by atoms with Crippen LogP contribution in [0.25, 0.3) is 0 Å². The van der Waals surface area contributed by atoms with Crippen molar-refractivity contribution in [2.45, 2.75) is 53.5 Å². The van der Waals surface area contributed by atoms with Gasteiger partial charge in [0.25, 0.3) is 0 Å². The summed E-state index contributed by atoms with van der Waals surface area (Å²) >= 11 is 0. The predicted molar refractivity (Wildman–Crippen MR) is 71.6 cm³/mol.